The van der Waals surface area contributed by atoms with Gasteiger partial charge in [0.15, 0.2) is 6.61 Å². The Labute approximate surface area is 149 Å². The maximum atomic E-state index is 12.6. The Kier molecular flexibility index (Phi) is 5.35. The molecule has 0 spiro atoms. The van der Waals surface area contributed by atoms with Crippen molar-refractivity contribution in [2.45, 2.75) is 31.1 Å². The third kappa shape index (κ3) is 5.40. The minimum Gasteiger partial charge on any atom is -0.484 e. The first kappa shape index (κ1) is 18.1. The van der Waals surface area contributed by atoms with E-state index < -0.39 is 18.8 Å². The molecule has 138 valence electrons. The molecule has 1 saturated carbocycles. The quantitative estimate of drug-likeness (QED) is 0.779. The molecule has 1 fully saturated rings. The molecule has 7 heteroatoms. The van der Waals surface area contributed by atoms with Crippen molar-refractivity contribution in [3.63, 3.8) is 0 Å². The zero-order chi connectivity index (χ0) is 18.6. The Morgan fingerprint density at radius 2 is 1.73 bits per heavy atom. The van der Waals surface area contributed by atoms with E-state index >= 15 is 0 Å². The summed E-state index contributed by atoms with van der Waals surface area (Å²) in [5, 5.41) is 6.11. The van der Waals surface area contributed by atoms with Gasteiger partial charge in [-0.2, -0.15) is 13.2 Å². The van der Waals surface area contributed by atoms with Crippen molar-refractivity contribution in [1.29, 1.82) is 0 Å². The lowest BCUT2D eigenvalue weighted by atomic mass is 10.1. The normalized spacial score (nSPS) is 15.2. The van der Waals surface area contributed by atoms with Crippen LogP contribution in [0.25, 0.3) is 0 Å². The lowest BCUT2D eigenvalue weighted by Crippen LogP contribution is -2.34. The number of carbonyl (C=O) groups excluding carboxylic acids is 1. The number of benzene rings is 2. The highest BCUT2D eigenvalue weighted by atomic mass is 19.4. The molecule has 26 heavy (non-hydrogen) atoms. The van der Waals surface area contributed by atoms with Gasteiger partial charge in [0, 0.05) is 11.7 Å². The fourth-order valence-corrected chi connectivity index (χ4v) is 2.44. The summed E-state index contributed by atoms with van der Waals surface area (Å²) >= 11 is 0. The van der Waals surface area contributed by atoms with Crippen molar-refractivity contribution < 1.29 is 22.7 Å². The summed E-state index contributed by atoms with van der Waals surface area (Å²) in [5.74, 6) is -0.0114. The monoisotopic (exact) mass is 364 g/mol. The second kappa shape index (κ2) is 7.68. The number of hydrogen-bond donors (Lipinski definition) is 2. The van der Waals surface area contributed by atoms with E-state index in [0.29, 0.717) is 5.69 Å². The molecular formula is C19H19F3N2O2. The molecule has 1 unspecified atom stereocenters. The van der Waals surface area contributed by atoms with Gasteiger partial charge in [-0.1, -0.05) is 30.3 Å². The van der Waals surface area contributed by atoms with E-state index in [1.54, 1.807) is 12.1 Å². The van der Waals surface area contributed by atoms with Crippen LogP contribution in [0.4, 0.5) is 18.9 Å². The Balaban J connectivity index is 1.69. The van der Waals surface area contributed by atoms with Crippen molar-refractivity contribution in [2.75, 3.05) is 11.9 Å². The Morgan fingerprint density at radius 3 is 2.31 bits per heavy atom. The lowest BCUT2D eigenvalue weighted by Gasteiger charge is -2.20. The first-order valence-corrected chi connectivity index (χ1v) is 8.32. The first-order valence-electron chi connectivity index (χ1n) is 8.32. The van der Waals surface area contributed by atoms with Gasteiger partial charge in [-0.25, -0.2) is 0 Å². The van der Waals surface area contributed by atoms with Gasteiger partial charge in [0.1, 0.15) is 11.8 Å². The van der Waals surface area contributed by atoms with Crippen LogP contribution in [0.15, 0.2) is 54.6 Å². The van der Waals surface area contributed by atoms with Gasteiger partial charge in [-0.15, -0.1) is 0 Å². The summed E-state index contributed by atoms with van der Waals surface area (Å²) in [7, 11) is 0. The van der Waals surface area contributed by atoms with Crippen molar-refractivity contribution in [3.05, 3.63) is 60.2 Å². The number of amides is 1. The van der Waals surface area contributed by atoms with Crippen LogP contribution in [-0.4, -0.2) is 24.7 Å². The summed E-state index contributed by atoms with van der Waals surface area (Å²) < 4.78 is 41.3. The summed E-state index contributed by atoms with van der Waals surface area (Å²) in [6.07, 6.45) is -2.41. The average molecular weight is 364 g/mol. The number of hydrogen-bond acceptors (Lipinski definition) is 3. The maximum Gasteiger partial charge on any atom is 0.422 e. The summed E-state index contributed by atoms with van der Waals surface area (Å²) in [4.78, 5) is 12.6. The van der Waals surface area contributed by atoms with Crippen LogP contribution in [-0.2, 0) is 4.79 Å². The molecule has 3 rings (SSSR count). The third-order valence-electron chi connectivity index (χ3n) is 3.89. The minimum atomic E-state index is -4.38. The number of alkyl halides is 3. The van der Waals surface area contributed by atoms with Crippen LogP contribution in [0.2, 0.25) is 0 Å². The predicted molar refractivity (Wildman–Crippen MR) is 92.0 cm³/mol. The molecule has 0 heterocycles. The highest BCUT2D eigenvalue weighted by molar-refractivity contribution is 5.86. The number of halogens is 3. The second-order valence-corrected chi connectivity index (χ2v) is 6.20. The van der Waals surface area contributed by atoms with E-state index in [9.17, 15) is 18.0 Å². The Bertz CT molecular complexity index is 729. The average Bonchev–Trinajstić information content (AvgIpc) is 3.43. The van der Waals surface area contributed by atoms with Crippen molar-refractivity contribution >= 4 is 11.6 Å². The highest BCUT2D eigenvalue weighted by Gasteiger charge is 2.29. The van der Waals surface area contributed by atoms with E-state index in [2.05, 4.69) is 10.6 Å². The van der Waals surface area contributed by atoms with E-state index in [-0.39, 0.29) is 17.7 Å². The molecule has 2 aromatic carbocycles. The summed E-state index contributed by atoms with van der Waals surface area (Å²) in [5.41, 5.74) is 1.42. The van der Waals surface area contributed by atoms with Crippen LogP contribution in [0.5, 0.6) is 5.75 Å². The largest absolute Gasteiger partial charge is 0.484 e. The van der Waals surface area contributed by atoms with Crippen LogP contribution < -0.4 is 15.4 Å². The van der Waals surface area contributed by atoms with Gasteiger partial charge in [-0.05, 0) is 42.7 Å². The molecule has 1 atom stereocenters. The van der Waals surface area contributed by atoms with Gasteiger partial charge >= 0.3 is 6.18 Å². The topological polar surface area (TPSA) is 50.4 Å². The van der Waals surface area contributed by atoms with E-state index in [1.807, 2.05) is 30.3 Å². The molecule has 1 amide bonds. The van der Waals surface area contributed by atoms with Gasteiger partial charge in [0.2, 0.25) is 5.91 Å². The van der Waals surface area contributed by atoms with E-state index in [4.69, 9.17) is 4.74 Å². The second-order valence-electron chi connectivity index (χ2n) is 6.20. The van der Waals surface area contributed by atoms with Crippen molar-refractivity contribution in [1.82, 2.24) is 5.32 Å². The molecule has 1 aliphatic rings. The molecule has 0 saturated heterocycles. The van der Waals surface area contributed by atoms with Crippen LogP contribution >= 0.6 is 0 Å². The number of carbonyl (C=O) groups is 1. The van der Waals surface area contributed by atoms with Crippen LogP contribution in [0, 0.1) is 0 Å². The van der Waals surface area contributed by atoms with Gasteiger partial charge in [-0.3, -0.25) is 4.79 Å². The van der Waals surface area contributed by atoms with Crippen LogP contribution in [0.1, 0.15) is 24.4 Å². The first-order chi connectivity index (χ1) is 12.4. The standard InChI is InChI=1S/C19H19F3N2O2/c20-19(21,22)12-26-16-10-8-14(9-11-16)23-17(13-4-2-1-3-5-13)18(25)24-15-6-7-15/h1-5,8-11,15,17,23H,6-7,12H2,(H,24,25). The molecule has 0 aromatic heterocycles. The minimum absolute atomic E-state index is 0.117. The van der Waals surface area contributed by atoms with Crippen molar-refractivity contribution in [3.8, 4) is 5.75 Å². The number of anilines is 1. The molecule has 1 aliphatic carbocycles. The van der Waals surface area contributed by atoms with Gasteiger partial charge < -0.3 is 15.4 Å². The molecule has 0 aliphatic heterocycles. The predicted octanol–water partition coefficient (Wildman–Crippen LogP) is 4.06. The molecule has 0 bridgehead atoms. The maximum absolute atomic E-state index is 12.6. The zero-order valence-electron chi connectivity index (χ0n) is 13.9. The fraction of sp³-hybridized carbons (Fsp3) is 0.316. The number of nitrogens with one attached hydrogen (secondary N) is 2. The molecular weight excluding hydrogens is 345 g/mol. The fourth-order valence-electron chi connectivity index (χ4n) is 2.44. The van der Waals surface area contributed by atoms with Gasteiger partial charge in [0.05, 0.1) is 0 Å². The smallest absolute Gasteiger partial charge is 0.422 e. The number of rotatable bonds is 7. The Hall–Kier alpha value is -2.70. The van der Waals surface area contributed by atoms with Gasteiger partial charge in [0.25, 0.3) is 0 Å². The number of ether oxygens (including phenoxy) is 1. The molecule has 2 aromatic rings. The molecule has 0 radical (unpaired) electrons. The zero-order valence-corrected chi connectivity index (χ0v) is 13.9. The SMILES string of the molecule is O=C(NC1CC1)C(Nc1ccc(OCC(F)(F)F)cc1)c1ccccc1. The van der Waals surface area contributed by atoms with Crippen molar-refractivity contribution in [2.24, 2.45) is 0 Å². The van der Waals surface area contributed by atoms with E-state index in [1.165, 1.54) is 12.1 Å². The van der Waals surface area contributed by atoms with E-state index in [0.717, 1.165) is 18.4 Å². The Morgan fingerprint density at radius 1 is 1.08 bits per heavy atom. The molecule has 2 N–H and O–H groups in total. The lowest BCUT2D eigenvalue weighted by molar-refractivity contribution is -0.153. The summed E-state index contributed by atoms with van der Waals surface area (Å²) in [6, 6.07) is 15.0. The van der Waals surface area contributed by atoms with Crippen LogP contribution in [0.3, 0.4) is 0 Å². The third-order valence-corrected chi connectivity index (χ3v) is 3.89. The highest BCUT2D eigenvalue weighted by Crippen LogP contribution is 2.25. The summed E-state index contributed by atoms with van der Waals surface area (Å²) in [6.45, 7) is -1.34. The molecule has 4 nitrogen and oxygen atoms in total.